The molecule has 5 aromatic rings. The van der Waals surface area contributed by atoms with E-state index in [1.807, 2.05) is 13.0 Å². The lowest BCUT2D eigenvalue weighted by Crippen LogP contribution is -2.58. The van der Waals surface area contributed by atoms with Gasteiger partial charge in [0.15, 0.2) is 12.2 Å². The van der Waals surface area contributed by atoms with E-state index in [9.17, 15) is 19.8 Å². The average molecular weight is 893 g/mol. The second kappa shape index (κ2) is 19.6. The monoisotopic (exact) mass is 892 g/mol. The largest absolute Gasteiger partial charge is 0.483 e. The second-order valence-corrected chi connectivity index (χ2v) is 18.9. The molecule has 4 heterocycles. The summed E-state index contributed by atoms with van der Waals surface area (Å²) >= 11 is 0. The molecule has 5 aliphatic rings. The number of aliphatic hydroxyl groups is 2. The van der Waals surface area contributed by atoms with Gasteiger partial charge in [0.25, 0.3) is 0 Å². The molecular formula is C56H60O10. The van der Waals surface area contributed by atoms with E-state index in [1.54, 1.807) is 19.1 Å². The van der Waals surface area contributed by atoms with Crippen LogP contribution in [0.2, 0.25) is 0 Å². The van der Waals surface area contributed by atoms with Gasteiger partial charge in [-0.2, -0.15) is 0 Å². The first-order valence-electron chi connectivity index (χ1n) is 23.6. The van der Waals surface area contributed by atoms with Gasteiger partial charge in [0, 0.05) is 54.2 Å². The molecule has 6 unspecified atom stereocenters. The topological polar surface area (TPSA) is 142 Å². The highest BCUT2D eigenvalue weighted by atomic mass is 16.6. The van der Waals surface area contributed by atoms with Crippen LogP contribution in [0.25, 0.3) is 11.0 Å². The molecule has 10 rings (SSSR count). The molecule has 4 aromatic carbocycles. The van der Waals surface area contributed by atoms with Crippen LogP contribution >= 0.6 is 0 Å². The van der Waals surface area contributed by atoms with Gasteiger partial charge < -0.3 is 33.6 Å². The highest BCUT2D eigenvalue weighted by Crippen LogP contribution is 2.53. The minimum absolute atomic E-state index is 0.0465. The van der Waals surface area contributed by atoms with Gasteiger partial charge in [0.2, 0.25) is 0 Å². The van der Waals surface area contributed by atoms with Gasteiger partial charge in [0.1, 0.15) is 16.9 Å². The van der Waals surface area contributed by atoms with Gasteiger partial charge in [-0.05, 0) is 109 Å². The van der Waals surface area contributed by atoms with Crippen molar-refractivity contribution in [2.45, 2.75) is 114 Å². The van der Waals surface area contributed by atoms with Gasteiger partial charge in [-0.1, -0.05) is 104 Å². The van der Waals surface area contributed by atoms with Crippen LogP contribution in [0.4, 0.5) is 0 Å². The fraction of sp³-hybridized carbons (Fsp3) is 0.411. The quantitative estimate of drug-likeness (QED) is 0.0636. The number of methoxy groups -OCH3 is 1. The number of carbonyl (C=O) groups excluding carboxylic acids is 2. The molecule has 6 atom stereocenters. The van der Waals surface area contributed by atoms with E-state index in [1.165, 1.54) is 23.8 Å². The molecule has 10 heteroatoms. The predicted octanol–water partition coefficient (Wildman–Crippen LogP) is 9.69. The first-order valence-corrected chi connectivity index (χ1v) is 23.6. The van der Waals surface area contributed by atoms with Crippen molar-refractivity contribution >= 4 is 22.9 Å². The first-order chi connectivity index (χ1) is 32.1. The maximum absolute atomic E-state index is 15.1. The molecule has 2 N–H and O–H groups in total. The molecule has 1 saturated carbocycles. The average Bonchev–Trinajstić information content (AvgIpc) is 3.89. The van der Waals surface area contributed by atoms with Gasteiger partial charge in [0.05, 0.1) is 25.4 Å². The Labute approximate surface area is 386 Å². The Morgan fingerprint density at radius 1 is 0.833 bits per heavy atom. The molecule has 0 radical (unpaired) electrons. The summed E-state index contributed by atoms with van der Waals surface area (Å²) in [4.78, 5) is 43.7. The molecule has 10 nitrogen and oxygen atoms in total. The summed E-state index contributed by atoms with van der Waals surface area (Å²) in [7, 11) is 1.54. The lowest BCUT2D eigenvalue weighted by atomic mass is 9.72. The normalized spacial score (nSPS) is 25.4. The summed E-state index contributed by atoms with van der Waals surface area (Å²) in [6, 6.07) is 31.1. The van der Waals surface area contributed by atoms with Crippen LogP contribution in [-0.2, 0) is 49.7 Å². The molecule has 344 valence electrons. The maximum atomic E-state index is 15.1. The molecule has 3 aliphatic heterocycles. The number of esters is 2. The Balaban J connectivity index is 1.17. The van der Waals surface area contributed by atoms with Crippen molar-refractivity contribution in [2.24, 2.45) is 11.8 Å². The Kier molecular flexibility index (Phi) is 13.4. The minimum Gasteiger partial charge on any atom is -0.483 e. The van der Waals surface area contributed by atoms with E-state index in [4.69, 9.17) is 23.4 Å². The van der Waals surface area contributed by atoms with Crippen molar-refractivity contribution in [3.8, 4) is 5.75 Å². The van der Waals surface area contributed by atoms with Crippen LogP contribution in [0.3, 0.4) is 0 Å². The molecule has 0 spiro atoms. The highest BCUT2D eigenvalue weighted by molar-refractivity contribution is 5.90. The van der Waals surface area contributed by atoms with Crippen molar-refractivity contribution in [3.05, 3.63) is 169 Å². The molecule has 2 aliphatic carbocycles. The van der Waals surface area contributed by atoms with Crippen LogP contribution in [0.1, 0.15) is 121 Å². The lowest BCUT2D eigenvalue weighted by Gasteiger charge is -2.48. The van der Waals surface area contributed by atoms with Crippen LogP contribution < -0.4 is 10.4 Å². The Hall–Kier alpha value is -5.81. The summed E-state index contributed by atoms with van der Waals surface area (Å²) in [5.74, 6) is -1.06. The second-order valence-electron chi connectivity index (χ2n) is 18.9. The van der Waals surface area contributed by atoms with E-state index in [0.29, 0.717) is 47.1 Å². The van der Waals surface area contributed by atoms with E-state index >= 15 is 4.79 Å². The summed E-state index contributed by atoms with van der Waals surface area (Å²) in [5, 5.41) is 21.6. The first kappa shape index (κ1) is 45.4. The third kappa shape index (κ3) is 9.03. The molecule has 66 heavy (non-hydrogen) atoms. The summed E-state index contributed by atoms with van der Waals surface area (Å²) < 4.78 is 32.0. The number of aliphatic hydroxyl groups excluding tert-OH is 2. The Morgan fingerprint density at radius 2 is 1.61 bits per heavy atom. The van der Waals surface area contributed by atoms with Crippen molar-refractivity contribution in [3.63, 3.8) is 0 Å². The number of allylic oxidation sites excluding steroid dienone is 2. The molecular weight excluding hydrogens is 833 g/mol. The fourth-order valence-corrected chi connectivity index (χ4v) is 11.1. The summed E-state index contributed by atoms with van der Waals surface area (Å²) in [5.41, 5.74) is 5.77. The number of carbonyl (C=O) groups is 2. The van der Waals surface area contributed by atoms with E-state index in [-0.39, 0.29) is 66.4 Å². The molecule has 2 bridgehead atoms. The van der Waals surface area contributed by atoms with Gasteiger partial charge >= 0.3 is 17.6 Å². The number of aryl methyl sites for hydroxylation is 1. The number of ether oxygens (including phenoxy) is 4. The van der Waals surface area contributed by atoms with Crippen molar-refractivity contribution in [2.75, 3.05) is 20.3 Å². The number of fused-ring (bicyclic) bond motifs is 11. The van der Waals surface area contributed by atoms with Crippen LogP contribution in [0, 0.1) is 11.8 Å². The SMILES string of the molecule is COCCc1c(CO)c2ccc3c(c2oc1=O)C1OC(=O)CC2CC(c4cccc(Cc5ccccc5)c4)C=CC2c2ccc(cc2)CCC(=C(C)CO)C(=O)OC1C(C)(C1CCCC1)O3. The van der Waals surface area contributed by atoms with E-state index in [2.05, 4.69) is 84.9 Å². The van der Waals surface area contributed by atoms with Crippen LogP contribution in [0.15, 0.2) is 124 Å². The molecule has 1 fully saturated rings. The lowest BCUT2D eigenvalue weighted by molar-refractivity contribution is -0.199. The Bertz CT molecular complexity index is 2690. The molecule has 1 aromatic heterocycles. The number of hydrogen-bond acceptors (Lipinski definition) is 10. The van der Waals surface area contributed by atoms with Crippen molar-refractivity contribution in [1.29, 1.82) is 0 Å². The Morgan fingerprint density at radius 3 is 2.35 bits per heavy atom. The minimum atomic E-state index is -1.26. The maximum Gasteiger partial charge on any atom is 0.339 e. The smallest absolute Gasteiger partial charge is 0.339 e. The third-order valence-corrected chi connectivity index (χ3v) is 14.8. The van der Waals surface area contributed by atoms with Gasteiger partial charge in [-0.15, -0.1) is 0 Å². The zero-order chi connectivity index (χ0) is 46.0. The zero-order valence-electron chi connectivity index (χ0n) is 38.1. The number of hydrogen-bond donors (Lipinski definition) is 2. The van der Waals surface area contributed by atoms with Crippen molar-refractivity contribution < 1.29 is 43.2 Å². The fourth-order valence-electron chi connectivity index (χ4n) is 11.1. The summed E-state index contributed by atoms with van der Waals surface area (Å²) in [6.45, 7) is 3.09. The van der Waals surface area contributed by atoms with Crippen LogP contribution in [-0.4, -0.2) is 54.2 Å². The zero-order valence-corrected chi connectivity index (χ0v) is 38.1. The van der Waals surface area contributed by atoms with E-state index < -0.39 is 42.0 Å². The number of rotatable bonds is 9. The van der Waals surface area contributed by atoms with Gasteiger partial charge in [-0.3, -0.25) is 4.79 Å². The van der Waals surface area contributed by atoms with E-state index in [0.717, 1.165) is 43.2 Å². The molecule has 0 amide bonds. The van der Waals surface area contributed by atoms with Crippen LogP contribution in [0.5, 0.6) is 5.75 Å². The summed E-state index contributed by atoms with van der Waals surface area (Å²) in [6.07, 6.45) is 8.20. The van der Waals surface area contributed by atoms with Crippen molar-refractivity contribution in [1.82, 2.24) is 0 Å². The van der Waals surface area contributed by atoms with Gasteiger partial charge in [-0.25, -0.2) is 9.59 Å². The third-order valence-electron chi connectivity index (χ3n) is 14.8. The highest BCUT2D eigenvalue weighted by Gasteiger charge is 2.57. The number of benzene rings is 4. The molecule has 0 saturated heterocycles. The predicted molar refractivity (Wildman–Crippen MR) is 251 cm³/mol. The standard InChI is InChI=1S/C56H60O10/c1-34(32-57)43-22-18-35-16-19-38(20-17-35)44-23-21-40(39-13-9-12-37(29-39)28-36-10-5-4-6-11-36)30-41(44)31-49(59)63-52-50-48(66-56(2,42-14-7-8-15-42)53(52)65-54(43)60)25-24-45-47(33-58)46(26-27-62-3)55(61)64-51(45)50/h4-6,9-13,16-17,19-21,23-25,29,40-42,44,52-53,57-58H,7-8,14-15,18,22,26-28,30-33H2,1-3H3.